The highest BCUT2D eigenvalue weighted by molar-refractivity contribution is 5.37. The molecule has 2 aromatic carbocycles. The van der Waals surface area contributed by atoms with E-state index in [9.17, 15) is 0 Å². The monoisotopic (exact) mass is 266 g/mol. The lowest BCUT2D eigenvalue weighted by Crippen LogP contribution is -2.13. The molecule has 0 aromatic heterocycles. The zero-order chi connectivity index (χ0) is 14.4. The quantitative estimate of drug-likeness (QED) is 0.874. The summed E-state index contributed by atoms with van der Waals surface area (Å²) in [5.41, 5.74) is 5.10. The summed E-state index contributed by atoms with van der Waals surface area (Å²) >= 11 is 0. The van der Waals surface area contributed by atoms with Gasteiger partial charge < -0.3 is 10.4 Å². The van der Waals surface area contributed by atoms with Gasteiger partial charge in [0, 0.05) is 13.1 Å². The van der Waals surface area contributed by atoms with Crippen molar-refractivity contribution in [1.29, 1.82) is 5.26 Å². The van der Waals surface area contributed by atoms with Crippen LogP contribution < -0.4 is 5.32 Å². The van der Waals surface area contributed by atoms with E-state index < -0.39 is 0 Å². The molecular formula is C17H18N2O. The van der Waals surface area contributed by atoms with Gasteiger partial charge in [-0.05, 0) is 41.3 Å². The first kappa shape index (κ1) is 14.3. The highest BCUT2D eigenvalue weighted by atomic mass is 16.3. The van der Waals surface area contributed by atoms with Crippen molar-refractivity contribution in [2.45, 2.75) is 26.6 Å². The normalized spacial score (nSPS) is 10.2. The van der Waals surface area contributed by atoms with Crippen LogP contribution in [0.3, 0.4) is 0 Å². The predicted molar refractivity (Wildman–Crippen MR) is 78.8 cm³/mol. The second-order valence-electron chi connectivity index (χ2n) is 4.83. The molecule has 0 unspecified atom stereocenters. The number of rotatable bonds is 5. The third-order valence-corrected chi connectivity index (χ3v) is 3.29. The Balaban J connectivity index is 1.94. The first-order valence-corrected chi connectivity index (χ1v) is 6.62. The van der Waals surface area contributed by atoms with Gasteiger partial charge in [0.15, 0.2) is 0 Å². The number of nitriles is 1. The number of aliphatic hydroxyl groups is 1. The second-order valence-corrected chi connectivity index (χ2v) is 4.83. The van der Waals surface area contributed by atoms with Crippen molar-refractivity contribution in [2.75, 3.05) is 0 Å². The van der Waals surface area contributed by atoms with Gasteiger partial charge in [0.05, 0.1) is 18.2 Å². The minimum absolute atomic E-state index is 0.0720. The molecule has 0 bridgehead atoms. The van der Waals surface area contributed by atoms with Crippen LogP contribution in [0.1, 0.15) is 27.8 Å². The third kappa shape index (κ3) is 3.67. The lowest BCUT2D eigenvalue weighted by atomic mass is 10.1. The first-order valence-electron chi connectivity index (χ1n) is 6.62. The summed E-state index contributed by atoms with van der Waals surface area (Å²) in [6, 6.07) is 15.8. The average molecular weight is 266 g/mol. The van der Waals surface area contributed by atoms with Gasteiger partial charge in [0.1, 0.15) is 0 Å². The maximum atomic E-state index is 9.10. The van der Waals surface area contributed by atoms with Crippen molar-refractivity contribution in [1.82, 2.24) is 5.32 Å². The van der Waals surface area contributed by atoms with Crippen molar-refractivity contribution < 1.29 is 5.11 Å². The van der Waals surface area contributed by atoms with Crippen molar-refractivity contribution in [3.8, 4) is 6.07 Å². The summed E-state index contributed by atoms with van der Waals surface area (Å²) in [5.74, 6) is 0. The molecule has 0 atom stereocenters. The van der Waals surface area contributed by atoms with Gasteiger partial charge in [-0.2, -0.15) is 5.26 Å². The Hall–Kier alpha value is -2.15. The molecule has 20 heavy (non-hydrogen) atoms. The van der Waals surface area contributed by atoms with Crippen molar-refractivity contribution in [3.63, 3.8) is 0 Å². The Morgan fingerprint density at radius 2 is 1.90 bits per heavy atom. The molecule has 3 heteroatoms. The molecule has 0 spiro atoms. The fourth-order valence-electron chi connectivity index (χ4n) is 2.14. The van der Waals surface area contributed by atoms with Crippen LogP contribution in [0, 0.1) is 18.3 Å². The molecule has 2 rings (SSSR count). The number of aryl methyl sites for hydroxylation is 1. The van der Waals surface area contributed by atoms with Gasteiger partial charge >= 0.3 is 0 Å². The Morgan fingerprint density at radius 3 is 2.60 bits per heavy atom. The van der Waals surface area contributed by atoms with E-state index in [1.54, 1.807) is 0 Å². The predicted octanol–water partition coefficient (Wildman–Crippen LogP) is 2.65. The Bertz CT molecular complexity index is 629. The SMILES string of the molecule is Cc1cc(C#N)ccc1CNCc1cccc(CO)c1. The maximum Gasteiger partial charge on any atom is 0.0991 e. The number of nitrogens with one attached hydrogen (secondary N) is 1. The van der Waals surface area contributed by atoms with E-state index in [2.05, 4.69) is 11.4 Å². The molecule has 0 radical (unpaired) electrons. The van der Waals surface area contributed by atoms with Crippen LogP contribution in [0.2, 0.25) is 0 Å². The van der Waals surface area contributed by atoms with Crippen molar-refractivity contribution in [2.24, 2.45) is 0 Å². The first-order chi connectivity index (χ1) is 9.72. The molecule has 0 saturated carbocycles. The zero-order valence-corrected chi connectivity index (χ0v) is 11.6. The van der Waals surface area contributed by atoms with Crippen molar-refractivity contribution in [3.05, 3.63) is 70.3 Å². The molecule has 3 nitrogen and oxygen atoms in total. The van der Waals surface area contributed by atoms with Crippen molar-refractivity contribution >= 4 is 0 Å². The lowest BCUT2D eigenvalue weighted by molar-refractivity contribution is 0.281. The molecule has 0 heterocycles. The fraction of sp³-hybridized carbons (Fsp3) is 0.235. The molecule has 0 aliphatic rings. The van der Waals surface area contributed by atoms with Gasteiger partial charge in [0.2, 0.25) is 0 Å². The van der Waals surface area contributed by atoms with E-state index >= 15 is 0 Å². The van der Waals surface area contributed by atoms with Gasteiger partial charge in [-0.25, -0.2) is 0 Å². The topological polar surface area (TPSA) is 56.0 Å². The lowest BCUT2D eigenvalue weighted by Gasteiger charge is -2.09. The largest absolute Gasteiger partial charge is 0.392 e. The standard InChI is InChI=1S/C17H18N2O/c1-13-7-14(9-18)5-6-17(13)11-19-10-15-3-2-4-16(8-15)12-20/h2-8,19-20H,10-12H2,1H3. The van der Waals surface area contributed by atoms with Crippen LogP contribution in [-0.4, -0.2) is 5.11 Å². The van der Waals surface area contributed by atoms with Crippen LogP contribution in [0.25, 0.3) is 0 Å². The molecule has 0 aliphatic carbocycles. The van der Waals surface area contributed by atoms with Gasteiger partial charge in [0.25, 0.3) is 0 Å². The molecule has 0 amide bonds. The van der Waals surface area contributed by atoms with E-state index in [1.165, 1.54) is 5.56 Å². The van der Waals surface area contributed by atoms with Gasteiger partial charge in [-0.1, -0.05) is 30.3 Å². The average Bonchev–Trinajstić information content (AvgIpc) is 2.49. The van der Waals surface area contributed by atoms with Gasteiger partial charge in [-0.15, -0.1) is 0 Å². The summed E-state index contributed by atoms with van der Waals surface area (Å²) in [7, 11) is 0. The Labute approximate surface area is 119 Å². The number of hydrogen-bond donors (Lipinski definition) is 2. The zero-order valence-electron chi connectivity index (χ0n) is 11.6. The smallest absolute Gasteiger partial charge is 0.0991 e. The third-order valence-electron chi connectivity index (χ3n) is 3.29. The molecule has 102 valence electrons. The highest BCUT2D eigenvalue weighted by Crippen LogP contribution is 2.11. The van der Waals surface area contributed by atoms with Crippen LogP contribution >= 0.6 is 0 Å². The van der Waals surface area contributed by atoms with E-state index in [0.29, 0.717) is 5.56 Å². The summed E-state index contributed by atoms with van der Waals surface area (Å²) in [6.07, 6.45) is 0. The Kier molecular flexibility index (Phi) is 4.89. The molecule has 2 N–H and O–H groups in total. The molecular weight excluding hydrogens is 248 g/mol. The number of aliphatic hydroxyl groups excluding tert-OH is 1. The fourth-order valence-corrected chi connectivity index (χ4v) is 2.14. The van der Waals surface area contributed by atoms with Gasteiger partial charge in [-0.3, -0.25) is 0 Å². The highest BCUT2D eigenvalue weighted by Gasteiger charge is 2.00. The Morgan fingerprint density at radius 1 is 1.10 bits per heavy atom. The number of hydrogen-bond acceptors (Lipinski definition) is 3. The van der Waals surface area contributed by atoms with E-state index in [-0.39, 0.29) is 6.61 Å². The number of benzene rings is 2. The van der Waals surface area contributed by atoms with E-state index in [4.69, 9.17) is 10.4 Å². The number of nitrogens with zero attached hydrogens (tertiary/aromatic N) is 1. The molecule has 0 aliphatic heterocycles. The summed E-state index contributed by atoms with van der Waals surface area (Å²) < 4.78 is 0. The van der Waals surface area contributed by atoms with Crippen LogP contribution in [0.4, 0.5) is 0 Å². The maximum absolute atomic E-state index is 9.10. The minimum atomic E-state index is 0.0720. The van der Waals surface area contributed by atoms with Crippen LogP contribution in [-0.2, 0) is 19.7 Å². The second kappa shape index (κ2) is 6.85. The summed E-state index contributed by atoms with van der Waals surface area (Å²) in [5, 5.41) is 21.3. The summed E-state index contributed by atoms with van der Waals surface area (Å²) in [4.78, 5) is 0. The molecule has 0 fully saturated rings. The van der Waals surface area contributed by atoms with E-state index in [0.717, 1.165) is 29.8 Å². The van der Waals surface area contributed by atoms with E-state index in [1.807, 2.05) is 49.4 Å². The minimum Gasteiger partial charge on any atom is -0.392 e. The summed E-state index contributed by atoms with van der Waals surface area (Å²) in [6.45, 7) is 3.61. The molecule has 2 aromatic rings. The van der Waals surface area contributed by atoms with Crippen LogP contribution in [0.15, 0.2) is 42.5 Å². The molecule has 0 saturated heterocycles. The van der Waals surface area contributed by atoms with Crippen LogP contribution in [0.5, 0.6) is 0 Å².